The minimum atomic E-state index is 0.493. The summed E-state index contributed by atoms with van der Waals surface area (Å²) in [5, 5.41) is 6.53. The van der Waals surface area contributed by atoms with Crippen molar-refractivity contribution in [3.05, 3.63) is 40.9 Å². The Labute approximate surface area is 145 Å². The Morgan fingerprint density at radius 2 is 2.00 bits per heavy atom. The molecule has 1 fully saturated rings. The van der Waals surface area contributed by atoms with Crippen LogP contribution in [0.4, 0.5) is 5.69 Å². The molecule has 0 bridgehead atoms. The number of anilines is 1. The van der Waals surface area contributed by atoms with Crippen molar-refractivity contribution in [2.24, 2.45) is 5.92 Å². The zero-order chi connectivity index (χ0) is 16.2. The summed E-state index contributed by atoms with van der Waals surface area (Å²) in [6.07, 6.45) is 7.09. The fourth-order valence-electron chi connectivity index (χ4n) is 4.00. The molecule has 1 saturated carbocycles. The summed E-state index contributed by atoms with van der Waals surface area (Å²) in [5.74, 6) is 0.952. The Morgan fingerprint density at radius 3 is 2.70 bits per heavy atom. The lowest BCUT2D eigenvalue weighted by Gasteiger charge is -2.28. The molecule has 1 aliphatic heterocycles. The molecule has 1 aromatic rings. The van der Waals surface area contributed by atoms with Crippen LogP contribution >= 0.6 is 11.8 Å². The van der Waals surface area contributed by atoms with Gasteiger partial charge in [0, 0.05) is 24.0 Å². The molecule has 1 unspecified atom stereocenters. The molecule has 0 spiro atoms. The van der Waals surface area contributed by atoms with E-state index in [1.165, 1.54) is 49.1 Å². The van der Waals surface area contributed by atoms with Crippen LogP contribution in [-0.2, 0) is 6.54 Å². The van der Waals surface area contributed by atoms with Crippen molar-refractivity contribution >= 4 is 17.4 Å². The lowest BCUT2D eigenvalue weighted by Crippen LogP contribution is -2.30. The van der Waals surface area contributed by atoms with Gasteiger partial charge in [-0.1, -0.05) is 43.9 Å². The quantitative estimate of drug-likeness (QED) is 0.741. The molecular formula is C20H30N2S. The van der Waals surface area contributed by atoms with E-state index in [0.29, 0.717) is 11.4 Å². The van der Waals surface area contributed by atoms with Gasteiger partial charge in [0.1, 0.15) is 0 Å². The second kappa shape index (κ2) is 7.76. The maximum atomic E-state index is 3.77. The fourth-order valence-corrected chi connectivity index (χ4v) is 4.91. The van der Waals surface area contributed by atoms with E-state index < -0.39 is 0 Å². The summed E-state index contributed by atoms with van der Waals surface area (Å²) < 4.78 is 0. The Balaban J connectivity index is 1.62. The van der Waals surface area contributed by atoms with E-state index in [4.69, 9.17) is 0 Å². The van der Waals surface area contributed by atoms with Gasteiger partial charge in [0.05, 0.1) is 5.37 Å². The Hall–Kier alpha value is -0.930. The maximum Gasteiger partial charge on any atom is 0.0809 e. The zero-order valence-electron chi connectivity index (χ0n) is 14.7. The van der Waals surface area contributed by atoms with Crippen LogP contribution < -0.4 is 10.2 Å². The first-order valence-corrected chi connectivity index (χ1v) is 10.0. The first-order valence-electron chi connectivity index (χ1n) is 9.08. The molecular weight excluding hydrogens is 300 g/mol. The van der Waals surface area contributed by atoms with Crippen LogP contribution in [0.5, 0.6) is 0 Å². The van der Waals surface area contributed by atoms with Crippen molar-refractivity contribution in [3.63, 3.8) is 0 Å². The zero-order valence-corrected chi connectivity index (χ0v) is 15.5. The van der Waals surface area contributed by atoms with Crippen molar-refractivity contribution in [1.29, 1.82) is 0 Å². The minimum Gasteiger partial charge on any atom is -0.332 e. The van der Waals surface area contributed by atoms with Gasteiger partial charge in [-0.25, -0.2) is 0 Å². The summed E-state index contributed by atoms with van der Waals surface area (Å²) in [4.78, 5) is 2.46. The number of rotatable bonds is 6. The van der Waals surface area contributed by atoms with E-state index in [2.05, 4.69) is 60.7 Å². The third kappa shape index (κ3) is 4.13. The van der Waals surface area contributed by atoms with Gasteiger partial charge in [-0.2, -0.15) is 0 Å². The van der Waals surface area contributed by atoms with Gasteiger partial charge >= 0.3 is 0 Å². The lowest BCUT2D eigenvalue weighted by atomic mass is 9.99. The molecule has 2 nitrogen and oxygen atoms in total. The van der Waals surface area contributed by atoms with Gasteiger partial charge in [0.2, 0.25) is 0 Å². The highest BCUT2D eigenvalue weighted by Crippen LogP contribution is 2.36. The predicted molar refractivity (Wildman–Crippen MR) is 103 cm³/mol. The van der Waals surface area contributed by atoms with Crippen LogP contribution in [0, 0.1) is 5.92 Å². The summed E-state index contributed by atoms with van der Waals surface area (Å²) in [7, 11) is 0. The second-order valence-corrected chi connectivity index (χ2v) is 8.35. The number of hydrogen-bond donors (Lipinski definition) is 1. The smallest absolute Gasteiger partial charge is 0.0809 e. The molecule has 0 saturated heterocycles. The average Bonchev–Trinajstić information content (AvgIpc) is 3.16. The number of nitrogens with one attached hydrogen (secondary N) is 1. The molecule has 1 aromatic carbocycles. The molecule has 0 amide bonds. The van der Waals surface area contributed by atoms with Crippen molar-refractivity contribution in [3.8, 4) is 0 Å². The number of allylic oxidation sites excluding steroid dienone is 1. The van der Waals surface area contributed by atoms with Crippen molar-refractivity contribution in [2.45, 2.75) is 70.8 Å². The highest BCUT2D eigenvalue weighted by Gasteiger charge is 2.24. The first-order chi connectivity index (χ1) is 11.1. The van der Waals surface area contributed by atoms with Crippen LogP contribution in [0.25, 0.3) is 0 Å². The maximum absolute atomic E-state index is 3.77. The SMILES string of the molecule is CC1=CSC(C)N1c1ccccc1CN[C@@H](C)CC1CCCC1. The van der Waals surface area contributed by atoms with E-state index in [0.717, 1.165) is 12.5 Å². The molecule has 1 N–H and O–H groups in total. The van der Waals surface area contributed by atoms with Gasteiger partial charge < -0.3 is 10.2 Å². The molecule has 3 heteroatoms. The normalized spacial score (nSPS) is 23.3. The molecule has 3 rings (SSSR count). The van der Waals surface area contributed by atoms with Gasteiger partial charge in [-0.3, -0.25) is 0 Å². The Morgan fingerprint density at radius 1 is 1.26 bits per heavy atom. The van der Waals surface area contributed by atoms with Crippen molar-refractivity contribution in [2.75, 3.05) is 4.90 Å². The lowest BCUT2D eigenvalue weighted by molar-refractivity contribution is 0.404. The van der Waals surface area contributed by atoms with Crippen molar-refractivity contribution < 1.29 is 0 Å². The fraction of sp³-hybridized carbons (Fsp3) is 0.600. The first kappa shape index (κ1) is 16.9. The molecule has 0 aromatic heterocycles. The summed E-state index contributed by atoms with van der Waals surface area (Å²) in [6, 6.07) is 9.46. The topological polar surface area (TPSA) is 15.3 Å². The van der Waals surface area contributed by atoms with Gasteiger partial charge in [-0.05, 0) is 50.1 Å². The molecule has 1 aliphatic carbocycles. The monoisotopic (exact) mass is 330 g/mol. The highest BCUT2D eigenvalue weighted by atomic mass is 32.2. The number of benzene rings is 1. The molecule has 1 heterocycles. The highest BCUT2D eigenvalue weighted by molar-refractivity contribution is 8.03. The summed E-state index contributed by atoms with van der Waals surface area (Å²) in [5.41, 5.74) is 4.13. The summed E-state index contributed by atoms with van der Waals surface area (Å²) in [6.45, 7) is 7.81. The number of nitrogens with zero attached hydrogens (tertiary/aromatic N) is 1. The van der Waals surface area contributed by atoms with Gasteiger partial charge in [0.15, 0.2) is 0 Å². The van der Waals surface area contributed by atoms with Crippen LogP contribution in [0.15, 0.2) is 35.4 Å². The van der Waals surface area contributed by atoms with Crippen LogP contribution in [0.1, 0.15) is 58.4 Å². The summed E-state index contributed by atoms with van der Waals surface area (Å²) >= 11 is 1.91. The second-order valence-electron chi connectivity index (χ2n) is 7.16. The van der Waals surface area contributed by atoms with E-state index in [1.54, 1.807) is 0 Å². The standard InChI is InChI=1S/C20H30N2S/c1-15(12-18-8-4-5-9-18)21-13-19-10-6-7-11-20(19)22-16(2)14-23-17(22)3/h6-7,10-11,14-15,17-18,21H,4-5,8-9,12-13H2,1-3H3/t15-,17?/m0/s1. The van der Waals surface area contributed by atoms with Gasteiger partial charge in [0.25, 0.3) is 0 Å². The Bertz CT molecular complexity index is 548. The number of thioether (sulfide) groups is 1. The Kier molecular flexibility index (Phi) is 5.71. The largest absolute Gasteiger partial charge is 0.332 e. The minimum absolute atomic E-state index is 0.493. The third-order valence-electron chi connectivity index (χ3n) is 5.23. The van der Waals surface area contributed by atoms with E-state index >= 15 is 0 Å². The number of hydrogen-bond acceptors (Lipinski definition) is 3. The van der Waals surface area contributed by atoms with Crippen molar-refractivity contribution in [1.82, 2.24) is 5.32 Å². The average molecular weight is 331 g/mol. The predicted octanol–water partition coefficient (Wildman–Crippen LogP) is 5.51. The molecule has 126 valence electrons. The van der Waals surface area contributed by atoms with Gasteiger partial charge in [-0.15, -0.1) is 11.8 Å². The van der Waals surface area contributed by atoms with Crippen LogP contribution in [0.2, 0.25) is 0 Å². The van der Waals surface area contributed by atoms with E-state index in [1.807, 2.05) is 11.8 Å². The molecule has 23 heavy (non-hydrogen) atoms. The molecule has 2 atom stereocenters. The molecule has 2 aliphatic rings. The van der Waals surface area contributed by atoms with E-state index in [-0.39, 0.29) is 0 Å². The van der Waals surface area contributed by atoms with E-state index in [9.17, 15) is 0 Å². The van der Waals surface area contributed by atoms with Crippen LogP contribution in [-0.4, -0.2) is 11.4 Å². The van der Waals surface area contributed by atoms with Crippen LogP contribution in [0.3, 0.4) is 0 Å². The molecule has 0 radical (unpaired) electrons. The third-order valence-corrected chi connectivity index (χ3v) is 6.31. The number of para-hydroxylation sites is 1.